The van der Waals surface area contributed by atoms with Gasteiger partial charge in [-0.15, -0.1) is 0 Å². The molecule has 1 fully saturated rings. The molecule has 146 valence electrons. The van der Waals surface area contributed by atoms with E-state index in [4.69, 9.17) is 9.47 Å². The Morgan fingerprint density at radius 3 is 2.32 bits per heavy atom. The quantitative estimate of drug-likeness (QED) is 0.717. The number of amides is 2. The summed E-state index contributed by atoms with van der Waals surface area (Å²) in [5.74, 6) is 0.970. The van der Waals surface area contributed by atoms with E-state index in [9.17, 15) is 14.4 Å². The van der Waals surface area contributed by atoms with Gasteiger partial charge in [-0.25, -0.2) is 0 Å². The first kappa shape index (κ1) is 19.8. The van der Waals surface area contributed by atoms with Crippen LogP contribution in [0.1, 0.15) is 5.56 Å². The molecule has 0 bridgehead atoms. The zero-order valence-electron chi connectivity index (χ0n) is 15.3. The minimum atomic E-state index is -0.604. The van der Waals surface area contributed by atoms with Gasteiger partial charge < -0.3 is 19.7 Å². The van der Waals surface area contributed by atoms with Crippen LogP contribution in [0.25, 0.3) is 0 Å². The minimum absolute atomic E-state index is 0.135. The Balaban J connectivity index is 1.43. The zero-order valence-corrected chi connectivity index (χ0v) is 16.2. The number of carbonyl (C=O) groups is 3. The SMILES string of the molecule is Cc1ccc(Oc2ccc(NC(=O)COC(=O)CN3CCSC3=O)cc2)cc1. The van der Waals surface area contributed by atoms with Crippen LogP contribution in [0.5, 0.6) is 11.5 Å². The first-order chi connectivity index (χ1) is 13.5. The van der Waals surface area contributed by atoms with Crippen LogP contribution in [-0.4, -0.2) is 47.5 Å². The largest absolute Gasteiger partial charge is 0.457 e. The zero-order chi connectivity index (χ0) is 19.9. The Labute approximate surface area is 167 Å². The fourth-order valence-corrected chi connectivity index (χ4v) is 3.29. The van der Waals surface area contributed by atoms with Crippen LogP contribution in [-0.2, 0) is 14.3 Å². The van der Waals surface area contributed by atoms with Crippen LogP contribution >= 0.6 is 11.8 Å². The number of nitrogens with zero attached hydrogens (tertiary/aromatic N) is 1. The van der Waals surface area contributed by atoms with Gasteiger partial charge in [0.2, 0.25) is 0 Å². The summed E-state index contributed by atoms with van der Waals surface area (Å²) in [6.07, 6.45) is 0. The molecule has 8 heteroatoms. The van der Waals surface area contributed by atoms with Crippen LogP contribution < -0.4 is 10.1 Å². The second-order valence-electron chi connectivity index (χ2n) is 6.18. The lowest BCUT2D eigenvalue weighted by Crippen LogP contribution is -2.32. The maximum absolute atomic E-state index is 11.9. The Morgan fingerprint density at radius 2 is 1.71 bits per heavy atom. The summed E-state index contributed by atoms with van der Waals surface area (Å²) in [5, 5.41) is 2.50. The third kappa shape index (κ3) is 5.75. The third-order valence-corrected chi connectivity index (χ3v) is 4.82. The van der Waals surface area contributed by atoms with E-state index in [1.54, 1.807) is 24.3 Å². The molecule has 3 rings (SSSR count). The number of rotatable bonds is 7. The maximum atomic E-state index is 11.9. The molecular weight excluding hydrogens is 380 g/mol. The third-order valence-electron chi connectivity index (χ3n) is 3.92. The smallest absolute Gasteiger partial charge is 0.326 e. The van der Waals surface area contributed by atoms with Gasteiger partial charge in [0.25, 0.3) is 11.1 Å². The van der Waals surface area contributed by atoms with Gasteiger partial charge in [0.1, 0.15) is 18.0 Å². The van der Waals surface area contributed by atoms with Crippen LogP contribution in [0.15, 0.2) is 48.5 Å². The van der Waals surface area contributed by atoms with Crippen molar-refractivity contribution >= 4 is 34.6 Å². The Kier molecular flexibility index (Phi) is 6.54. The molecule has 1 N–H and O–H groups in total. The molecule has 28 heavy (non-hydrogen) atoms. The molecule has 2 amide bonds. The van der Waals surface area contributed by atoms with Gasteiger partial charge in [-0.1, -0.05) is 29.5 Å². The second-order valence-corrected chi connectivity index (χ2v) is 7.23. The van der Waals surface area contributed by atoms with Gasteiger partial charge in [-0.2, -0.15) is 0 Å². The number of thioether (sulfide) groups is 1. The lowest BCUT2D eigenvalue weighted by atomic mass is 10.2. The van der Waals surface area contributed by atoms with Crippen molar-refractivity contribution in [2.24, 2.45) is 0 Å². The van der Waals surface area contributed by atoms with Gasteiger partial charge >= 0.3 is 5.97 Å². The molecule has 1 aliphatic heterocycles. The monoisotopic (exact) mass is 400 g/mol. The van der Waals surface area contributed by atoms with E-state index in [0.717, 1.165) is 11.3 Å². The van der Waals surface area contributed by atoms with E-state index in [2.05, 4.69) is 5.32 Å². The number of hydrogen-bond acceptors (Lipinski definition) is 6. The normalized spacial score (nSPS) is 13.3. The molecule has 0 aromatic heterocycles. The van der Waals surface area contributed by atoms with E-state index >= 15 is 0 Å². The number of benzene rings is 2. The molecule has 1 saturated heterocycles. The van der Waals surface area contributed by atoms with Gasteiger partial charge in [-0.05, 0) is 43.3 Å². The van der Waals surface area contributed by atoms with Crippen LogP contribution in [0.2, 0.25) is 0 Å². The molecule has 1 heterocycles. The first-order valence-electron chi connectivity index (χ1n) is 8.71. The molecule has 0 radical (unpaired) electrons. The summed E-state index contributed by atoms with van der Waals surface area (Å²) >= 11 is 1.17. The number of esters is 1. The van der Waals surface area contributed by atoms with E-state index < -0.39 is 18.5 Å². The van der Waals surface area contributed by atoms with Crippen LogP contribution in [0.4, 0.5) is 10.5 Å². The maximum Gasteiger partial charge on any atom is 0.326 e. The summed E-state index contributed by atoms with van der Waals surface area (Å²) in [6.45, 7) is 1.98. The number of carbonyl (C=O) groups excluding carboxylic acids is 3. The minimum Gasteiger partial charge on any atom is -0.457 e. The predicted octanol–water partition coefficient (Wildman–Crippen LogP) is 3.44. The fraction of sp³-hybridized carbons (Fsp3) is 0.250. The van der Waals surface area contributed by atoms with Crippen molar-refractivity contribution in [3.63, 3.8) is 0 Å². The Hall–Kier alpha value is -3.00. The highest BCUT2D eigenvalue weighted by molar-refractivity contribution is 8.13. The molecule has 7 nitrogen and oxygen atoms in total. The summed E-state index contributed by atoms with van der Waals surface area (Å²) in [6, 6.07) is 14.6. The standard InChI is InChI=1S/C20H20N2O5S/c1-14-2-6-16(7-3-14)27-17-8-4-15(5-9-17)21-18(23)13-26-19(24)12-22-10-11-28-20(22)25/h2-9H,10-13H2,1H3,(H,21,23). The van der Waals surface area contributed by atoms with E-state index in [-0.39, 0.29) is 11.8 Å². The van der Waals surface area contributed by atoms with Gasteiger partial charge in [0.05, 0.1) is 0 Å². The molecular formula is C20H20N2O5S. The molecule has 0 atom stereocenters. The number of aryl methyl sites for hydroxylation is 1. The predicted molar refractivity (Wildman–Crippen MR) is 107 cm³/mol. The summed E-state index contributed by atoms with van der Waals surface area (Å²) in [5.41, 5.74) is 1.71. The number of anilines is 1. The molecule has 1 aliphatic rings. The Bertz CT molecular complexity index is 852. The first-order valence-corrected chi connectivity index (χ1v) is 9.70. The molecule has 0 saturated carbocycles. The van der Waals surface area contributed by atoms with Crippen molar-refractivity contribution < 1.29 is 23.9 Å². The summed E-state index contributed by atoms with van der Waals surface area (Å²) in [4.78, 5) is 36.5. The van der Waals surface area contributed by atoms with Crippen LogP contribution in [0.3, 0.4) is 0 Å². The van der Waals surface area contributed by atoms with Crippen molar-refractivity contribution in [3.05, 3.63) is 54.1 Å². The topological polar surface area (TPSA) is 84.9 Å². The van der Waals surface area contributed by atoms with Crippen molar-refractivity contribution in [1.29, 1.82) is 0 Å². The number of ether oxygens (including phenoxy) is 2. The average molecular weight is 400 g/mol. The van der Waals surface area contributed by atoms with Crippen molar-refractivity contribution in [2.75, 3.05) is 30.8 Å². The average Bonchev–Trinajstić information content (AvgIpc) is 3.08. The highest BCUT2D eigenvalue weighted by Crippen LogP contribution is 2.23. The molecule has 0 aliphatic carbocycles. The van der Waals surface area contributed by atoms with E-state index in [1.807, 2.05) is 31.2 Å². The van der Waals surface area contributed by atoms with Gasteiger partial charge in [0.15, 0.2) is 6.61 Å². The van der Waals surface area contributed by atoms with Crippen molar-refractivity contribution in [3.8, 4) is 11.5 Å². The molecule has 0 unspecified atom stereocenters. The number of hydrogen-bond donors (Lipinski definition) is 1. The molecule has 2 aromatic carbocycles. The highest BCUT2D eigenvalue weighted by atomic mass is 32.2. The second kappa shape index (κ2) is 9.27. The van der Waals surface area contributed by atoms with E-state index in [1.165, 1.54) is 16.7 Å². The molecule has 0 spiro atoms. The number of nitrogens with one attached hydrogen (secondary N) is 1. The fourth-order valence-electron chi connectivity index (χ4n) is 2.46. The highest BCUT2D eigenvalue weighted by Gasteiger charge is 2.24. The van der Waals surface area contributed by atoms with Crippen molar-refractivity contribution in [1.82, 2.24) is 4.90 Å². The summed E-state index contributed by atoms with van der Waals surface area (Å²) in [7, 11) is 0. The van der Waals surface area contributed by atoms with Gasteiger partial charge in [-0.3, -0.25) is 14.4 Å². The van der Waals surface area contributed by atoms with E-state index in [0.29, 0.717) is 23.7 Å². The molecule has 2 aromatic rings. The van der Waals surface area contributed by atoms with Gasteiger partial charge in [0, 0.05) is 18.0 Å². The Morgan fingerprint density at radius 1 is 1.07 bits per heavy atom. The summed E-state index contributed by atoms with van der Waals surface area (Å²) < 4.78 is 10.6. The lowest BCUT2D eigenvalue weighted by molar-refractivity contribution is -0.147. The van der Waals surface area contributed by atoms with Crippen molar-refractivity contribution in [2.45, 2.75) is 6.92 Å². The van der Waals surface area contributed by atoms with Crippen LogP contribution in [0, 0.1) is 6.92 Å². The lowest BCUT2D eigenvalue weighted by Gasteiger charge is -2.13.